The van der Waals surface area contributed by atoms with Gasteiger partial charge in [-0.25, -0.2) is 4.79 Å². The van der Waals surface area contributed by atoms with Crippen LogP contribution in [0.5, 0.6) is 0 Å². The molecule has 4 nitrogen and oxygen atoms in total. The quantitative estimate of drug-likeness (QED) is 0.869. The summed E-state index contributed by atoms with van der Waals surface area (Å²) in [5, 5.41) is 3.64. The number of anilines is 1. The molecule has 5 heteroatoms. The number of fused-ring (bicyclic) bond motifs is 2. The molecule has 0 saturated heterocycles. The summed E-state index contributed by atoms with van der Waals surface area (Å²) < 4.78 is 4.84. The van der Waals surface area contributed by atoms with E-state index in [2.05, 4.69) is 5.32 Å². The first-order chi connectivity index (χ1) is 10.0. The number of amides is 1. The Morgan fingerprint density at radius 3 is 2.57 bits per heavy atom. The summed E-state index contributed by atoms with van der Waals surface area (Å²) in [7, 11) is 1.37. The maximum absolute atomic E-state index is 12.5. The molecule has 1 N–H and O–H groups in total. The molecule has 1 heterocycles. The maximum Gasteiger partial charge on any atom is 0.341 e. The molecule has 0 aromatic carbocycles. The number of methoxy groups -OCH3 is 1. The number of aryl methyl sites for hydroxylation is 1. The van der Waals surface area contributed by atoms with Gasteiger partial charge in [-0.3, -0.25) is 4.79 Å². The molecule has 1 aromatic rings. The minimum absolute atomic E-state index is 0.0774. The van der Waals surface area contributed by atoms with Crippen LogP contribution in [0, 0.1) is 31.6 Å². The van der Waals surface area contributed by atoms with Crippen LogP contribution in [0.25, 0.3) is 0 Å². The highest BCUT2D eigenvalue weighted by molar-refractivity contribution is 7.16. The second-order valence-corrected chi connectivity index (χ2v) is 7.47. The van der Waals surface area contributed by atoms with Gasteiger partial charge in [0.2, 0.25) is 5.91 Å². The zero-order chi connectivity index (χ0) is 15.1. The molecule has 1 aromatic heterocycles. The normalized spacial score (nSPS) is 26.9. The Bertz CT molecular complexity index is 593. The van der Waals surface area contributed by atoms with E-state index in [1.165, 1.54) is 37.7 Å². The molecule has 2 bridgehead atoms. The Morgan fingerprint density at radius 1 is 1.24 bits per heavy atom. The number of thiophene rings is 1. The minimum atomic E-state index is -0.375. The highest BCUT2D eigenvalue weighted by Gasteiger charge is 2.43. The van der Waals surface area contributed by atoms with E-state index in [-0.39, 0.29) is 17.8 Å². The molecule has 114 valence electrons. The van der Waals surface area contributed by atoms with Crippen molar-refractivity contribution in [1.29, 1.82) is 0 Å². The van der Waals surface area contributed by atoms with Gasteiger partial charge >= 0.3 is 5.97 Å². The summed E-state index contributed by atoms with van der Waals surface area (Å²) in [6, 6.07) is 0. The molecule has 0 radical (unpaired) electrons. The average Bonchev–Trinajstić information content (AvgIpc) is 3.14. The van der Waals surface area contributed by atoms with Crippen molar-refractivity contribution in [2.75, 3.05) is 12.4 Å². The van der Waals surface area contributed by atoms with Crippen LogP contribution in [-0.2, 0) is 9.53 Å². The summed E-state index contributed by atoms with van der Waals surface area (Å²) in [5.74, 6) is 1.10. The Kier molecular flexibility index (Phi) is 3.78. The first kappa shape index (κ1) is 14.6. The molecule has 2 aliphatic rings. The van der Waals surface area contributed by atoms with Crippen molar-refractivity contribution >= 4 is 28.2 Å². The van der Waals surface area contributed by atoms with Crippen molar-refractivity contribution in [3.8, 4) is 0 Å². The van der Waals surface area contributed by atoms with Crippen LogP contribution < -0.4 is 5.32 Å². The number of hydrogen-bond acceptors (Lipinski definition) is 4. The number of carbonyl (C=O) groups is 2. The van der Waals surface area contributed by atoms with Crippen LogP contribution in [0.15, 0.2) is 0 Å². The van der Waals surface area contributed by atoms with Crippen molar-refractivity contribution in [3.05, 3.63) is 16.0 Å². The number of nitrogens with one attached hydrogen (secondary N) is 1. The Hall–Kier alpha value is -1.36. The standard InChI is InChI=1S/C16H21NO3S/c1-8-9(2)21-15(13(8)16(19)20-3)17-14(18)12-7-10-4-5-11(12)6-10/h10-12H,4-7H2,1-3H3,(H,17,18)/t10-,11-,12+/m0/s1. The summed E-state index contributed by atoms with van der Waals surface area (Å²) in [6.07, 6.45) is 4.66. The van der Waals surface area contributed by atoms with E-state index in [1.807, 2.05) is 13.8 Å². The van der Waals surface area contributed by atoms with E-state index in [0.29, 0.717) is 16.5 Å². The van der Waals surface area contributed by atoms with Gasteiger partial charge < -0.3 is 10.1 Å². The second kappa shape index (κ2) is 5.44. The number of carbonyl (C=O) groups excluding carboxylic acids is 2. The van der Waals surface area contributed by atoms with Gasteiger partial charge in [-0.05, 0) is 50.5 Å². The number of rotatable bonds is 3. The monoisotopic (exact) mass is 307 g/mol. The largest absolute Gasteiger partial charge is 0.465 e. The smallest absolute Gasteiger partial charge is 0.341 e. The molecule has 0 spiro atoms. The van der Waals surface area contributed by atoms with E-state index in [0.717, 1.165) is 22.8 Å². The van der Waals surface area contributed by atoms with E-state index in [4.69, 9.17) is 4.74 Å². The van der Waals surface area contributed by atoms with Crippen LogP contribution in [0.3, 0.4) is 0 Å². The van der Waals surface area contributed by atoms with Gasteiger partial charge in [-0.1, -0.05) is 6.42 Å². The van der Waals surface area contributed by atoms with Crippen LogP contribution in [0.1, 0.15) is 46.5 Å². The summed E-state index contributed by atoms with van der Waals surface area (Å²) in [4.78, 5) is 25.5. The highest BCUT2D eigenvalue weighted by Crippen LogP contribution is 2.48. The number of ether oxygens (including phenoxy) is 1. The molecule has 2 fully saturated rings. The molecule has 3 atom stereocenters. The van der Waals surface area contributed by atoms with Gasteiger partial charge in [0, 0.05) is 10.8 Å². The molecule has 21 heavy (non-hydrogen) atoms. The lowest BCUT2D eigenvalue weighted by Gasteiger charge is -2.20. The topological polar surface area (TPSA) is 55.4 Å². The third kappa shape index (κ3) is 2.48. The van der Waals surface area contributed by atoms with Crippen molar-refractivity contribution in [2.24, 2.45) is 17.8 Å². The van der Waals surface area contributed by atoms with Crippen LogP contribution >= 0.6 is 11.3 Å². The third-order valence-electron chi connectivity index (χ3n) is 5.09. The van der Waals surface area contributed by atoms with Gasteiger partial charge in [0.05, 0.1) is 12.7 Å². The minimum Gasteiger partial charge on any atom is -0.465 e. The van der Waals surface area contributed by atoms with E-state index in [1.54, 1.807) is 0 Å². The highest BCUT2D eigenvalue weighted by atomic mass is 32.1. The number of esters is 1. The van der Waals surface area contributed by atoms with E-state index >= 15 is 0 Å². The second-order valence-electron chi connectivity index (χ2n) is 6.25. The molecule has 0 unspecified atom stereocenters. The molecule has 2 saturated carbocycles. The van der Waals surface area contributed by atoms with Gasteiger partial charge in [-0.2, -0.15) is 0 Å². The lowest BCUT2D eigenvalue weighted by atomic mass is 9.88. The van der Waals surface area contributed by atoms with E-state index < -0.39 is 0 Å². The Morgan fingerprint density at radius 2 is 2.00 bits per heavy atom. The predicted molar refractivity (Wildman–Crippen MR) is 82.7 cm³/mol. The SMILES string of the molecule is COC(=O)c1c(NC(=O)[C@@H]2C[C@H]3CC[C@H]2C3)sc(C)c1C. The summed E-state index contributed by atoms with van der Waals surface area (Å²) in [5.41, 5.74) is 1.41. The lowest BCUT2D eigenvalue weighted by molar-refractivity contribution is -0.121. The summed E-state index contributed by atoms with van der Waals surface area (Å²) >= 11 is 1.46. The van der Waals surface area contributed by atoms with Crippen molar-refractivity contribution in [1.82, 2.24) is 0 Å². The third-order valence-corrected chi connectivity index (χ3v) is 6.21. The molecule has 1 amide bonds. The van der Waals surface area contributed by atoms with Crippen molar-refractivity contribution in [3.63, 3.8) is 0 Å². The van der Waals surface area contributed by atoms with Crippen LogP contribution in [0.4, 0.5) is 5.00 Å². The molecular weight excluding hydrogens is 286 g/mol. The van der Waals surface area contributed by atoms with Crippen molar-refractivity contribution < 1.29 is 14.3 Å². The number of hydrogen-bond donors (Lipinski definition) is 1. The Balaban J connectivity index is 1.80. The maximum atomic E-state index is 12.5. The lowest BCUT2D eigenvalue weighted by Crippen LogP contribution is -2.27. The molecule has 3 rings (SSSR count). The van der Waals surface area contributed by atoms with Crippen LogP contribution in [0.2, 0.25) is 0 Å². The van der Waals surface area contributed by atoms with Gasteiger partial charge in [0.25, 0.3) is 0 Å². The van der Waals surface area contributed by atoms with Gasteiger partial charge in [-0.15, -0.1) is 11.3 Å². The Labute approximate surface area is 128 Å². The zero-order valence-electron chi connectivity index (χ0n) is 12.7. The van der Waals surface area contributed by atoms with Gasteiger partial charge in [0.1, 0.15) is 5.00 Å². The average molecular weight is 307 g/mol. The first-order valence-electron chi connectivity index (χ1n) is 7.50. The van der Waals surface area contributed by atoms with Crippen LogP contribution in [-0.4, -0.2) is 19.0 Å². The van der Waals surface area contributed by atoms with Crippen molar-refractivity contribution in [2.45, 2.75) is 39.5 Å². The summed E-state index contributed by atoms with van der Waals surface area (Å²) in [6.45, 7) is 3.85. The molecular formula is C16H21NO3S. The van der Waals surface area contributed by atoms with E-state index in [9.17, 15) is 9.59 Å². The molecule has 2 aliphatic carbocycles. The zero-order valence-corrected chi connectivity index (χ0v) is 13.5. The predicted octanol–water partition coefficient (Wildman–Crippen LogP) is 3.53. The fourth-order valence-corrected chi connectivity index (χ4v) is 4.88. The fourth-order valence-electron chi connectivity index (χ4n) is 3.83. The van der Waals surface area contributed by atoms with Gasteiger partial charge in [0.15, 0.2) is 0 Å². The fraction of sp³-hybridized carbons (Fsp3) is 0.625. The molecule has 0 aliphatic heterocycles. The first-order valence-corrected chi connectivity index (χ1v) is 8.32.